The molecule has 2 heterocycles. The zero-order valence-electron chi connectivity index (χ0n) is 15.9. The van der Waals surface area contributed by atoms with E-state index in [2.05, 4.69) is 5.32 Å². The fraction of sp³-hybridized carbons (Fsp3) is 0.526. The topological polar surface area (TPSA) is 104 Å². The third-order valence-electron chi connectivity index (χ3n) is 5.82. The van der Waals surface area contributed by atoms with Crippen LogP contribution >= 0.6 is 11.6 Å². The lowest BCUT2D eigenvalue weighted by Crippen LogP contribution is -2.49. The molecule has 2 aliphatic heterocycles. The predicted molar refractivity (Wildman–Crippen MR) is 106 cm³/mol. The van der Waals surface area contributed by atoms with Gasteiger partial charge in [0.15, 0.2) is 9.84 Å². The smallest absolute Gasteiger partial charge is 0.325 e. The third-order valence-corrected chi connectivity index (χ3v) is 7.82. The molecular weight excluding hydrogens is 418 g/mol. The van der Waals surface area contributed by atoms with Crippen molar-refractivity contribution in [2.75, 3.05) is 18.1 Å². The second-order valence-electron chi connectivity index (χ2n) is 8.04. The molecule has 10 heteroatoms. The van der Waals surface area contributed by atoms with E-state index in [9.17, 15) is 22.8 Å². The van der Waals surface area contributed by atoms with Crippen LogP contribution in [0.2, 0.25) is 5.02 Å². The van der Waals surface area contributed by atoms with Gasteiger partial charge in [0.1, 0.15) is 12.1 Å². The van der Waals surface area contributed by atoms with E-state index in [0.29, 0.717) is 17.0 Å². The van der Waals surface area contributed by atoms with E-state index in [4.69, 9.17) is 11.6 Å². The molecule has 2 atom stereocenters. The fourth-order valence-corrected chi connectivity index (χ4v) is 5.93. The number of amides is 4. The Hall–Kier alpha value is -2.13. The van der Waals surface area contributed by atoms with Crippen molar-refractivity contribution in [3.8, 4) is 0 Å². The van der Waals surface area contributed by atoms with Crippen molar-refractivity contribution in [2.45, 2.75) is 43.8 Å². The maximum Gasteiger partial charge on any atom is 0.325 e. The number of hydrogen-bond donors (Lipinski definition) is 1. The van der Waals surface area contributed by atoms with Gasteiger partial charge in [0.05, 0.1) is 11.5 Å². The fourth-order valence-electron chi connectivity index (χ4n) is 4.09. The van der Waals surface area contributed by atoms with Crippen molar-refractivity contribution < 1.29 is 22.8 Å². The minimum atomic E-state index is -3.15. The molecule has 0 spiro atoms. The molecule has 1 N–H and O–H groups in total. The van der Waals surface area contributed by atoms with Gasteiger partial charge < -0.3 is 10.2 Å². The molecule has 1 aromatic carbocycles. The van der Waals surface area contributed by atoms with Gasteiger partial charge in [0.25, 0.3) is 5.91 Å². The summed E-state index contributed by atoms with van der Waals surface area (Å²) in [7, 11) is -3.15. The molecule has 0 aromatic heterocycles. The standard InChI is InChI=1S/C19H22ClN3O5S/c1-19(12-2-4-13(20)5-3-12)17(25)22(18(26)21-19)10-16(24)23(14-6-7-14)15-8-9-29(27,28)11-15/h2-5,14-15H,6-11H2,1H3,(H,21,26)/t15-,19-/m0/s1. The summed E-state index contributed by atoms with van der Waals surface area (Å²) in [6.07, 6.45) is 2.02. The average molecular weight is 440 g/mol. The largest absolute Gasteiger partial charge is 0.334 e. The van der Waals surface area contributed by atoms with Crippen molar-refractivity contribution >= 4 is 39.3 Å². The molecule has 29 heavy (non-hydrogen) atoms. The summed E-state index contributed by atoms with van der Waals surface area (Å²) in [6, 6.07) is 5.54. The molecule has 2 saturated heterocycles. The van der Waals surface area contributed by atoms with Crippen LogP contribution in [0.3, 0.4) is 0 Å². The molecule has 1 aromatic rings. The summed E-state index contributed by atoms with van der Waals surface area (Å²) < 4.78 is 23.7. The lowest BCUT2D eigenvalue weighted by molar-refractivity contribution is -0.140. The number of rotatable bonds is 5. The van der Waals surface area contributed by atoms with Crippen LogP contribution in [0.25, 0.3) is 0 Å². The molecule has 1 aliphatic carbocycles. The highest BCUT2D eigenvalue weighted by molar-refractivity contribution is 7.91. The van der Waals surface area contributed by atoms with Gasteiger partial charge in [-0.25, -0.2) is 13.2 Å². The van der Waals surface area contributed by atoms with Crippen LogP contribution in [-0.4, -0.2) is 66.2 Å². The average Bonchev–Trinajstić information content (AvgIpc) is 3.37. The maximum atomic E-state index is 13.0. The van der Waals surface area contributed by atoms with Crippen molar-refractivity contribution in [3.63, 3.8) is 0 Å². The van der Waals surface area contributed by atoms with Crippen LogP contribution in [0.1, 0.15) is 31.7 Å². The quantitative estimate of drug-likeness (QED) is 0.696. The van der Waals surface area contributed by atoms with E-state index in [-0.39, 0.29) is 23.6 Å². The van der Waals surface area contributed by atoms with Gasteiger partial charge in [0, 0.05) is 17.1 Å². The van der Waals surface area contributed by atoms with Crippen molar-refractivity contribution in [1.82, 2.24) is 15.1 Å². The SMILES string of the molecule is C[C@@]1(c2ccc(Cl)cc2)NC(=O)N(CC(=O)N(C2CC2)[C@H]2CCS(=O)(=O)C2)C1=O. The number of nitrogens with one attached hydrogen (secondary N) is 1. The number of sulfone groups is 1. The molecular formula is C19H22ClN3O5S. The number of hydrogen-bond acceptors (Lipinski definition) is 5. The molecule has 1 saturated carbocycles. The minimum Gasteiger partial charge on any atom is -0.334 e. The van der Waals surface area contributed by atoms with Crippen LogP contribution < -0.4 is 5.32 Å². The van der Waals surface area contributed by atoms with Crippen LogP contribution in [0, 0.1) is 0 Å². The van der Waals surface area contributed by atoms with Crippen LogP contribution in [-0.2, 0) is 25.0 Å². The summed E-state index contributed by atoms with van der Waals surface area (Å²) in [5.74, 6) is -0.907. The van der Waals surface area contributed by atoms with E-state index in [1.54, 1.807) is 36.1 Å². The van der Waals surface area contributed by atoms with Gasteiger partial charge in [-0.15, -0.1) is 0 Å². The van der Waals surface area contributed by atoms with Crippen molar-refractivity contribution in [3.05, 3.63) is 34.9 Å². The van der Waals surface area contributed by atoms with Crippen molar-refractivity contribution in [2.24, 2.45) is 0 Å². The number of halogens is 1. The second kappa shape index (κ2) is 6.98. The molecule has 0 bridgehead atoms. The highest BCUT2D eigenvalue weighted by Gasteiger charge is 2.51. The number of benzene rings is 1. The highest BCUT2D eigenvalue weighted by atomic mass is 35.5. The normalized spacial score (nSPS) is 28.5. The Kier molecular flexibility index (Phi) is 4.85. The molecule has 8 nitrogen and oxygen atoms in total. The molecule has 0 unspecified atom stereocenters. The first kappa shape index (κ1) is 20.2. The van der Waals surface area contributed by atoms with Crippen LogP contribution in [0.4, 0.5) is 4.79 Å². The molecule has 156 valence electrons. The second-order valence-corrected chi connectivity index (χ2v) is 10.7. The van der Waals surface area contributed by atoms with Crippen LogP contribution in [0.15, 0.2) is 24.3 Å². The Balaban J connectivity index is 1.52. The Morgan fingerprint density at radius 3 is 2.41 bits per heavy atom. The minimum absolute atomic E-state index is 0.00999. The molecule has 3 aliphatic rings. The summed E-state index contributed by atoms with van der Waals surface area (Å²) >= 11 is 5.90. The Bertz CT molecular complexity index is 976. The number of carbonyl (C=O) groups is 3. The Morgan fingerprint density at radius 2 is 1.86 bits per heavy atom. The van der Waals surface area contributed by atoms with E-state index in [1.165, 1.54) is 0 Å². The van der Waals surface area contributed by atoms with Gasteiger partial charge in [-0.1, -0.05) is 23.7 Å². The van der Waals surface area contributed by atoms with E-state index in [1.807, 2.05) is 0 Å². The summed E-state index contributed by atoms with van der Waals surface area (Å²) in [5.41, 5.74) is -0.723. The van der Waals surface area contributed by atoms with Gasteiger partial charge in [-0.2, -0.15) is 0 Å². The summed E-state index contributed by atoms with van der Waals surface area (Å²) in [5, 5.41) is 3.17. The monoisotopic (exact) mass is 439 g/mol. The number of carbonyl (C=O) groups excluding carboxylic acids is 3. The zero-order chi connectivity index (χ0) is 21.0. The zero-order valence-corrected chi connectivity index (χ0v) is 17.5. The predicted octanol–water partition coefficient (Wildman–Crippen LogP) is 1.29. The molecule has 3 fully saturated rings. The Morgan fingerprint density at radius 1 is 1.21 bits per heavy atom. The first-order valence-corrected chi connectivity index (χ1v) is 11.7. The van der Waals surface area contributed by atoms with E-state index < -0.39 is 39.8 Å². The maximum absolute atomic E-state index is 13.0. The van der Waals surface area contributed by atoms with E-state index >= 15 is 0 Å². The Labute approximate surface area is 174 Å². The molecule has 4 rings (SSSR count). The van der Waals surface area contributed by atoms with Gasteiger partial charge >= 0.3 is 6.03 Å². The van der Waals surface area contributed by atoms with Gasteiger partial charge in [-0.3, -0.25) is 14.5 Å². The first-order valence-electron chi connectivity index (χ1n) is 9.52. The number of urea groups is 1. The number of nitrogens with zero attached hydrogens (tertiary/aromatic N) is 2. The first-order chi connectivity index (χ1) is 13.6. The van der Waals surface area contributed by atoms with Crippen molar-refractivity contribution in [1.29, 1.82) is 0 Å². The number of imide groups is 1. The van der Waals surface area contributed by atoms with Gasteiger partial charge in [-0.05, 0) is 43.9 Å². The summed E-state index contributed by atoms with van der Waals surface area (Å²) in [6.45, 7) is 1.18. The lowest BCUT2D eigenvalue weighted by Gasteiger charge is -2.30. The van der Waals surface area contributed by atoms with E-state index in [0.717, 1.165) is 17.7 Å². The van der Waals surface area contributed by atoms with Crippen LogP contribution in [0.5, 0.6) is 0 Å². The third kappa shape index (κ3) is 3.73. The highest BCUT2D eigenvalue weighted by Crippen LogP contribution is 2.34. The summed E-state index contributed by atoms with van der Waals surface area (Å²) in [4.78, 5) is 41.0. The molecule has 4 amide bonds. The molecule has 0 radical (unpaired) electrons. The van der Waals surface area contributed by atoms with Gasteiger partial charge in [0.2, 0.25) is 5.91 Å². The lowest BCUT2D eigenvalue weighted by atomic mass is 9.92.